The van der Waals surface area contributed by atoms with Gasteiger partial charge in [0.25, 0.3) is 0 Å². The Kier molecular flexibility index (Phi) is 3.99. The van der Waals surface area contributed by atoms with E-state index in [2.05, 4.69) is 41.6 Å². The van der Waals surface area contributed by atoms with Crippen molar-refractivity contribution in [3.63, 3.8) is 0 Å². The topological polar surface area (TPSA) is 38.5 Å². The highest BCUT2D eigenvalue weighted by molar-refractivity contribution is 9.10. The van der Waals surface area contributed by atoms with Crippen LogP contribution in [-0.4, -0.2) is 29.7 Å². The molecule has 1 heterocycles. The minimum Gasteiger partial charge on any atom is -0.398 e. The lowest BCUT2D eigenvalue weighted by Crippen LogP contribution is -2.51. The fraction of sp³-hybridized carbons (Fsp3) is 0.571. The number of anilines is 1. The van der Waals surface area contributed by atoms with Gasteiger partial charge in [-0.15, -0.1) is 0 Å². The van der Waals surface area contributed by atoms with E-state index in [1.165, 1.54) is 5.56 Å². The summed E-state index contributed by atoms with van der Waals surface area (Å²) in [5.41, 5.74) is 7.98. The molecule has 0 aliphatic carbocycles. The molecule has 18 heavy (non-hydrogen) atoms. The van der Waals surface area contributed by atoms with Gasteiger partial charge in [0.05, 0.1) is 11.7 Å². The lowest BCUT2D eigenvalue weighted by molar-refractivity contribution is -0.130. The second-order valence-corrected chi connectivity index (χ2v) is 6.52. The molecular formula is C14H21BrN2O. The van der Waals surface area contributed by atoms with Gasteiger partial charge in [0.15, 0.2) is 0 Å². The summed E-state index contributed by atoms with van der Waals surface area (Å²) in [6.07, 6.45) is 0.262. The number of nitrogens with two attached hydrogens (primary N) is 1. The summed E-state index contributed by atoms with van der Waals surface area (Å²) in [4.78, 5) is 2.41. The molecule has 1 fully saturated rings. The Labute approximate surface area is 117 Å². The number of morpholine rings is 1. The third-order valence-corrected chi connectivity index (χ3v) is 3.92. The smallest absolute Gasteiger partial charge is 0.0757 e. The summed E-state index contributed by atoms with van der Waals surface area (Å²) in [6, 6.07) is 5.96. The van der Waals surface area contributed by atoms with E-state index in [-0.39, 0.29) is 11.7 Å². The van der Waals surface area contributed by atoms with E-state index in [0.717, 1.165) is 29.8 Å². The number of nitrogen functional groups attached to an aromatic ring is 1. The highest BCUT2D eigenvalue weighted by atomic mass is 79.9. The predicted octanol–water partition coefficient (Wildman–Crippen LogP) is 3.03. The zero-order valence-corrected chi connectivity index (χ0v) is 12.8. The van der Waals surface area contributed by atoms with Gasteiger partial charge in [-0.05, 0) is 32.9 Å². The number of halogens is 1. The van der Waals surface area contributed by atoms with Crippen molar-refractivity contribution in [1.29, 1.82) is 0 Å². The molecule has 100 valence electrons. The number of nitrogens with zero attached hydrogens (tertiary/aromatic N) is 1. The fourth-order valence-electron chi connectivity index (χ4n) is 2.67. The van der Waals surface area contributed by atoms with Gasteiger partial charge in [-0.3, -0.25) is 4.90 Å². The van der Waals surface area contributed by atoms with Crippen molar-refractivity contribution in [3.05, 3.63) is 28.2 Å². The summed E-state index contributed by atoms with van der Waals surface area (Å²) in [6.45, 7) is 9.14. The highest BCUT2D eigenvalue weighted by Crippen LogP contribution is 2.27. The Hall–Kier alpha value is -0.580. The van der Waals surface area contributed by atoms with Crippen LogP contribution in [0.15, 0.2) is 22.7 Å². The van der Waals surface area contributed by atoms with Gasteiger partial charge in [-0.2, -0.15) is 0 Å². The molecule has 0 saturated carbocycles. The SMILES string of the molecule is CC1CN(Cc2c(N)cccc2Br)CC(C)(C)O1. The fourth-order valence-corrected chi connectivity index (χ4v) is 3.18. The van der Waals surface area contributed by atoms with E-state index >= 15 is 0 Å². The van der Waals surface area contributed by atoms with E-state index in [9.17, 15) is 0 Å². The van der Waals surface area contributed by atoms with Gasteiger partial charge in [0.1, 0.15) is 0 Å². The molecule has 0 radical (unpaired) electrons. The van der Waals surface area contributed by atoms with Crippen LogP contribution < -0.4 is 5.73 Å². The van der Waals surface area contributed by atoms with Crippen molar-refractivity contribution in [1.82, 2.24) is 4.90 Å². The maximum Gasteiger partial charge on any atom is 0.0757 e. The Morgan fingerprint density at radius 1 is 1.50 bits per heavy atom. The maximum absolute atomic E-state index is 6.05. The first-order chi connectivity index (χ1) is 8.37. The van der Waals surface area contributed by atoms with Crippen LogP contribution in [0.1, 0.15) is 26.3 Å². The van der Waals surface area contributed by atoms with Gasteiger partial charge < -0.3 is 10.5 Å². The van der Waals surface area contributed by atoms with E-state index in [1.807, 2.05) is 18.2 Å². The molecular weight excluding hydrogens is 292 g/mol. The summed E-state index contributed by atoms with van der Waals surface area (Å²) >= 11 is 3.58. The quantitative estimate of drug-likeness (QED) is 0.853. The number of benzene rings is 1. The molecule has 0 amide bonds. The van der Waals surface area contributed by atoms with Gasteiger partial charge in [0.2, 0.25) is 0 Å². The van der Waals surface area contributed by atoms with Crippen LogP contribution in [0.4, 0.5) is 5.69 Å². The van der Waals surface area contributed by atoms with E-state index < -0.39 is 0 Å². The van der Waals surface area contributed by atoms with Crippen molar-refractivity contribution in [2.75, 3.05) is 18.8 Å². The number of rotatable bonds is 2. The molecule has 1 aromatic rings. The average Bonchev–Trinajstić information content (AvgIpc) is 2.21. The molecule has 0 spiro atoms. The van der Waals surface area contributed by atoms with Crippen molar-refractivity contribution in [2.45, 2.75) is 39.0 Å². The molecule has 2 rings (SSSR count). The lowest BCUT2D eigenvalue weighted by atomic mass is 10.0. The first-order valence-electron chi connectivity index (χ1n) is 6.30. The van der Waals surface area contributed by atoms with Gasteiger partial charge in [0, 0.05) is 35.4 Å². The van der Waals surface area contributed by atoms with Gasteiger partial charge >= 0.3 is 0 Å². The molecule has 0 aromatic heterocycles. The molecule has 1 aliphatic rings. The largest absolute Gasteiger partial charge is 0.398 e. The van der Waals surface area contributed by atoms with Gasteiger partial charge in [-0.25, -0.2) is 0 Å². The Bertz CT molecular complexity index is 414. The number of ether oxygens (including phenoxy) is 1. The predicted molar refractivity (Wildman–Crippen MR) is 78.5 cm³/mol. The summed E-state index contributed by atoms with van der Waals surface area (Å²) in [5.74, 6) is 0. The maximum atomic E-state index is 6.05. The zero-order valence-electron chi connectivity index (χ0n) is 11.2. The van der Waals surface area contributed by atoms with Crippen LogP contribution in [-0.2, 0) is 11.3 Å². The van der Waals surface area contributed by atoms with Crippen molar-refractivity contribution < 1.29 is 4.74 Å². The second kappa shape index (κ2) is 5.19. The molecule has 0 bridgehead atoms. The Morgan fingerprint density at radius 3 is 2.83 bits per heavy atom. The molecule has 3 nitrogen and oxygen atoms in total. The number of hydrogen-bond acceptors (Lipinski definition) is 3. The van der Waals surface area contributed by atoms with Crippen molar-refractivity contribution in [3.8, 4) is 0 Å². The third kappa shape index (κ3) is 3.25. The minimum absolute atomic E-state index is 0.0896. The van der Waals surface area contributed by atoms with E-state index in [4.69, 9.17) is 10.5 Å². The molecule has 4 heteroatoms. The molecule has 1 aromatic carbocycles. The van der Waals surface area contributed by atoms with Crippen LogP contribution >= 0.6 is 15.9 Å². The Morgan fingerprint density at radius 2 is 2.22 bits per heavy atom. The van der Waals surface area contributed by atoms with Crippen LogP contribution in [0.3, 0.4) is 0 Å². The number of hydrogen-bond donors (Lipinski definition) is 1. The zero-order chi connectivity index (χ0) is 13.3. The first-order valence-corrected chi connectivity index (χ1v) is 7.10. The molecule has 1 atom stereocenters. The van der Waals surface area contributed by atoms with Gasteiger partial charge in [-0.1, -0.05) is 22.0 Å². The summed E-state index contributed by atoms with van der Waals surface area (Å²) in [5, 5.41) is 0. The molecule has 1 aliphatic heterocycles. The third-order valence-electron chi connectivity index (χ3n) is 3.18. The van der Waals surface area contributed by atoms with Crippen LogP contribution in [0.25, 0.3) is 0 Å². The first kappa shape index (κ1) is 13.8. The minimum atomic E-state index is -0.0896. The lowest BCUT2D eigenvalue weighted by Gasteiger charge is -2.42. The van der Waals surface area contributed by atoms with Crippen molar-refractivity contribution >= 4 is 21.6 Å². The summed E-state index contributed by atoms with van der Waals surface area (Å²) < 4.78 is 7.00. The van der Waals surface area contributed by atoms with E-state index in [1.54, 1.807) is 0 Å². The second-order valence-electron chi connectivity index (χ2n) is 5.67. The van der Waals surface area contributed by atoms with Crippen molar-refractivity contribution in [2.24, 2.45) is 0 Å². The van der Waals surface area contributed by atoms with Crippen LogP contribution in [0, 0.1) is 0 Å². The molecule has 1 saturated heterocycles. The standard InChI is InChI=1S/C14H21BrN2O/c1-10-7-17(9-14(2,3)18-10)8-11-12(15)5-4-6-13(11)16/h4-6,10H,7-9,16H2,1-3H3. The normalized spacial score (nSPS) is 24.1. The van der Waals surface area contributed by atoms with Crippen LogP contribution in [0.5, 0.6) is 0 Å². The van der Waals surface area contributed by atoms with E-state index in [0.29, 0.717) is 0 Å². The van der Waals surface area contributed by atoms with Crippen LogP contribution in [0.2, 0.25) is 0 Å². The average molecular weight is 313 g/mol. The molecule has 1 unspecified atom stereocenters. The Balaban J connectivity index is 2.14. The monoisotopic (exact) mass is 312 g/mol. The summed E-state index contributed by atoms with van der Waals surface area (Å²) in [7, 11) is 0. The molecule has 2 N–H and O–H groups in total. The highest BCUT2D eigenvalue weighted by Gasteiger charge is 2.31.